The molecule has 0 bridgehead atoms. The zero-order chi connectivity index (χ0) is 18.7. The summed E-state index contributed by atoms with van der Waals surface area (Å²) in [6.07, 6.45) is 4.87. The van der Waals surface area contributed by atoms with Crippen molar-refractivity contribution in [2.75, 3.05) is 0 Å². The van der Waals surface area contributed by atoms with Gasteiger partial charge in [-0.25, -0.2) is 4.79 Å². The maximum Gasteiger partial charge on any atom is 0.344 e. The molecule has 1 N–H and O–H groups in total. The minimum Gasteiger partial charge on any atom is -0.423 e. The number of halogens is 1. The molecule has 1 fully saturated rings. The van der Waals surface area contributed by atoms with Gasteiger partial charge >= 0.3 is 5.97 Å². The van der Waals surface area contributed by atoms with Gasteiger partial charge in [0, 0.05) is 3.57 Å². The summed E-state index contributed by atoms with van der Waals surface area (Å²) in [6, 6.07) is 11.4. The fourth-order valence-corrected chi connectivity index (χ4v) is 4.72. The molecule has 1 saturated carbocycles. The molecule has 7 heteroatoms. The molecule has 0 saturated heterocycles. The fraction of sp³-hybridized carbons (Fsp3) is 0.316. The molecule has 0 aromatic heterocycles. The summed E-state index contributed by atoms with van der Waals surface area (Å²) in [7, 11) is -4.33. The number of rotatable bonds is 4. The number of hydrogen-bond donors (Lipinski definition) is 1. The van der Waals surface area contributed by atoms with E-state index in [2.05, 4.69) is 22.6 Å². The third-order valence-electron chi connectivity index (χ3n) is 4.61. The maximum absolute atomic E-state index is 12.4. The first-order chi connectivity index (χ1) is 12.4. The summed E-state index contributed by atoms with van der Waals surface area (Å²) in [5.41, 5.74) is 0.978. The molecule has 0 aliphatic heterocycles. The van der Waals surface area contributed by atoms with E-state index in [1.165, 1.54) is 12.1 Å². The summed E-state index contributed by atoms with van der Waals surface area (Å²) in [4.78, 5) is 12.3. The zero-order valence-corrected chi connectivity index (χ0v) is 17.0. The second-order valence-electron chi connectivity index (χ2n) is 6.38. The van der Waals surface area contributed by atoms with E-state index < -0.39 is 16.1 Å². The number of benzene rings is 2. The van der Waals surface area contributed by atoms with Gasteiger partial charge in [-0.3, -0.25) is 4.55 Å². The Kier molecular flexibility index (Phi) is 5.99. The van der Waals surface area contributed by atoms with Gasteiger partial charge in [-0.15, -0.1) is 0 Å². The van der Waals surface area contributed by atoms with Gasteiger partial charge in [0.15, 0.2) is 0 Å². The fourth-order valence-electron chi connectivity index (χ4n) is 3.35. The van der Waals surface area contributed by atoms with Gasteiger partial charge in [0.2, 0.25) is 0 Å². The van der Waals surface area contributed by atoms with E-state index >= 15 is 0 Å². The lowest BCUT2D eigenvalue weighted by atomic mass is 9.84. The van der Waals surface area contributed by atoms with E-state index in [9.17, 15) is 17.8 Å². The van der Waals surface area contributed by atoms with Gasteiger partial charge < -0.3 is 4.74 Å². The van der Waals surface area contributed by atoms with Gasteiger partial charge in [0.25, 0.3) is 10.1 Å². The molecule has 3 rings (SSSR count). The smallest absolute Gasteiger partial charge is 0.344 e. The molecular weight excluding hydrogens is 467 g/mol. The molecule has 1 aliphatic carbocycles. The summed E-state index contributed by atoms with van der Waals surface area (Å²) < 4.78 is 39.3. The maximum atomic E-state index is 12.4. The second kappa shape index (κ2) is 8.06. The molecule has 2 aromatic carbocycles. The molecule has 0 radical (unpaired) electrons. The van der Waals surface area contributed by atoms with Crippen molar-refractivity contribution in [3.8, 4) is 5.75 Å². The molecule has 2 aromatic rings. The lowest BCUT2D eigenvalue weighted by Gasteiger charge is -2.24. The Bertz CT molecular complexity index is 917. The van der Waals surface area contributed by atoms with Crippen LogP contribution in [0.5, 0.6) is 5.75 Å². The quantitative estimate of drug-likeness (QED) is 0.291. The second-order valence-corrected chi connectivity index (χ2v) is 8.93. The van der Waals surface area contributed by atoms with Crippen LogP contribution in [0.3, 0.4) is 0 Å². The Morgan fingerprint density at radius 2 is 1.77 bits per heavy atom. The minimum atomic E-state index is -4.33. The van der Waals surface area contributed by atoms with Gasteiger partial charge in [-0.1, -0.05) is 31.4 Å². The highest BCUT2D eigenvalue weighted by Gasteiger charge is 2.25. The number of carbonyl (C=O) groups excluding carboxylic acids is 1. The predicted octanol–water partition coefficient (Wildman–Crippen LogP) is 4.80. The van der Waals surface area contributed by atoms with Crippen LogP contribution in [-0.4, -0.2) is 18.9 Å². The number of esters is 1. The largest absolute Gasteiger partial charge is 0.423 e. The van der Waals surface area contributed by atoms with E-state index in [4.69, 9.17) is 4.74 Å². The Labute approximate surface area is 166 Å². The average molecular weight is 486 g/mol. The molecule has 5 nitrogen and oxygen atoms in total. The Hall–Kier alpha value is -1.45. The van der Waals surface area contributed by atoms with E-state index in [0.717, 1.165) is 35.7 Å². The first-order valence-electron chi connectivity index (χ1n) is 8.44. The lowest BCUT2D eigenvalue weighted by molar-refractivity contribution is 0.0733. The van der Waals surface area contributed by atoms with Crippen molar-refractivity contribution in [2.24, 2.45) is 0 Å². The Balaban J connectivity index is 1.93. The van der Waals surface area contributed by atoms with Crippen LogP contribution in [0.15, 0.2) is 47.4 Å². The van der Waals surface area contributed by atoms with Crippen molar-refractivity contribution in [3.05, 3.63) is 57.2 Å². The summed E-state index contributed by atoms with van der Waals surface area (Å²) >= 11 is 2.06. The van der Waals surface area contributed by atoms with Crippen molar-refractivity contribution in [3.63, 3.8) is 0 Å². The molecule has 0 atom stereocenters. The van der Waals surface area contributed by atoms with Crippen LogP contribution in [0.1, 0.15) is 53.9 Å². The number of hydrogen-bond acceptors (Lipinski definition) is 4. The molecule has 0 amide bonds. The van der Waals surface area contributed by atoms with Crippen LogP contribution in [-0.2, 0) is 10.1 Å². The average Bonchev–Trinajstić information content (AvgIpc) is 2.62. The van der Waals surface area contributed by atoms with Gasteiger partial charge in [0.05, 0.1) is 10.5 Å². The van der Waals surface area contributed by atoms with Gasteiger partial charge in [-0.2, -0.15) is 8.42 Å². The molecule has 1 aliphatic rings. The van der Waals surface area contributed by atoms with Crippen LogP contribution in [0.2, 0.25) is 0 Å². The monoisotopic (exact) mass is 486 g/mol. The zero-order valence-electron chi connectivity index (χ0n) is 14.0. The van der Waals surface area contributed by atoms with Crippen molar-refractivity contribution >= 4 is 38.7 Å². The van der Waals surface area contributed by atoms with Gasteiger partial charge in [0.1, 0.15) is 5.75 Å². The third-order valence-corrected chi connectivity index (χ3v) is 6.48. The van der Waals surface area contributed by atoms with E-state index in [-0.39, 0.29) is 16.6 Å². The van der Waals surface area contributed by atoms with Crippen molar-refractivity contribution in [2.45, 2.75) is 42.9 Å². The highest BCUT2D eigenvalue weighted by atomic mass is 127. The van der Waals surface area contributed by atoms with E-state index in [1.54, 1.807) is 18.2 Å². The first kappa shape index (κ1) is 19.3. The highest BCUT2D eigenvalue weighted by Crippen LogP contribution is 2.37. The van der Waals surface area contributed by atoms with E-state index in [1.807, 2.05) is 12.1 Å². The number of ether oxygens (including phenoxy) is 1. The van der Waals surface area contributed by atoms with Crippen LogP contribution >= 0.6 is 22.6 Å². The lowest BCUT2D eigenvalue weighted by Crippen LogP contribution is -2.13. The Morgan fingerprint density at radius 1 is 1.08 bits per heavy atom. The van der Waals surface area contributed by atoms with Gasteiger partial charge in [-0.05, 0) is 77.2 Å². The van der Waals surface area contributed by atoms with E-state index in [0.29, 0.717) is 11.1 Å². The Morgan fingerprint density at radius 3 is 2.42 bits per heavy atom. The summed E-state index contributed by atoms with van der Waals surface area (Å²) in [5, 5.41) is 0. The summed E-state index contributed by atoms with van der Waals surface area (Å²) in [5.74, 6) is -0.178. The van der Waals surface area contributed by atoms with Crippen molar-refractivity contribution in [1.29, 1.82) is 0 Å². The van der Waals surface area contributed by atoms with Crippen LogP contribution in [0.4, 0.5) is 0 Å². The highest BCUT2D eigenvalue weighted by molar-refractivity contribution is 14.1. The topological polar surface area (TPSA) is 80.7 Å². The van der Waals surface area contributed by atoms with Crippen molar-refractivity contribution < 1.29 is 22.5 Å². The molecule has 0 heterocycles. The molecule has 26 heavy (non-hydrogen) atoms. The van der Waals surface area contributed by atoms with Crippen LogP contribution < -0.4 is 4.74 Å². The SMILES string of the molecule is O=C(Oc1ccc(S(=O)(=O)O)c(C2CCCCC2)c1)c1ccccc1I. The molecule has 0 spiro atoms. The normalized spacial score (nSPS) is 15.6. The molecule has 138 valence electrons. The van der Waals surface area contributed by atoms with Crippen LogP contribution in [0.25, 0.3) is 0 Å². The standard InChI is InChI=1S/C19H19IO5S/c20-17-9-5-4-8-15(17)19(21)25-14-10-11-18(26(22,23)24)16(12-14)13-6-2-1-3-7-13/h4-5,8-13H,1-3,6-7H2,(H,22,23,24). The predicted molar refractivity (Wildman–Crippen MR) is 106 cm³/mol. The third kappa shape index (κ3) is 4.44. The summed E-state index contributed by atoms with van der Waals surface area (Å²) in [6.45, 7) is 0. The number of carbonyl (C=O) groups is 1. The molecule has 0 unspecified atom stereocenters. The van der Waals surface area contributed by atoms with Crippen LogP contribution in [0, 0.1) is 3.57 Å². The minimum absolute atomic E-state index is 0.0381. The van der Waals surface area contributed by atoms with Crippen molar-refractivity contribution in [1.82, 2.24) is 0 Å². The molecular formula is C19H19IO5S. The first-order valence-corrected chi connectivity index (χ1v) is 11.0.